The van der Waals surface area contributed by atoms with Crippen LogP contribution in [0, 0.1) is 17.8 Å². The molecule has 4 rings (SSSR count). The monoisotopic (exact) mass is 605 g/mol. The number of ether oxygens (including phenoxy) is 1. The Morgan fingerprint density at radius 2 is 2.00 bits per heavy atom. The Bertz CT molecular complexity index is 1630. The van der Waals surface area contributed by atoms with Gasteiger partial charge in [0.15, 0.2) is 9.84 Å². The number of imidazole rings is 1. The first-order valence-corrected chi connectivity index (χ1v) is 15.3. The number of fused-ring (bicyclic) bond motifs is 1. The Labute approximate surface area is 243 Å². The highest BCUT2D eigenvalue weighted by Crippen LogP contribution is 2.28. The Hall–Kier alpha value is -3.76. The van der Waals surface area contributed by atoms with Gasteiger partial charge in [-0.15, -0.1) is 0 Å². The van der Waals surface area contributed by atoms with E-state index in [1.165, 1.54) is 25.3 Å². The molecule has 0 bridgehead atoms. The Morgan fingerprint density at radius 1 is 1.24 bits per heavy atom. The van der Waals surface area contributed by atoms with E-state index in [0.29, 0.717) is 17.0 Å². The van der Waals surface area contributed by atoms with Gasteiger partial charge in [-0.05, 0) is 56.6 Å². The van der Waals surface area contributed by atoms with Crippen LogP contribution in [0.5, 0.6) is 5.75 Å². The number of nitrogens with one attached hydrogen (secondary N) is 2. The van der Waals surface area contributed by atoms with Gasteiger partial charge in [-0.1, -0.05) is 18.8 Å². The number of carbonyl (C=O) groups excluding carboxylic acids is 1. The minimum absolute atomic E-state index is 0.0854. The number of benzene rings is 2. The third-order valence-corrected chi connectivity index (χ3v) is 8.29. The number of anilines is 1. The molecule has 2 aromatic carbocycles. The van der Waals surface area contributed by atoms with Crippen molar-refractivity contribution in [2.75, 3.05) is 45.4 Å². The third kappa shape index (κ3) is 7.74. The maximum Gasteiger partial charge on any atom is 0.406 e. The van der Waals surface area contributed by atoms with Crippen LogP contribution in [-0.4, -0.2) is 81.0 Å². The number of hydrogen-bond donors (Lipinski definition) is 2. The molecule has 0 saturated carbocycles. The first-order chi connectivity index (χ1) is 19.7. The van der Waals surface area contributed by atoms with Gasteiger partial charge in [-0.3, -0.25) is 4.79 Å². The summed E-state index contributed by atoms with van der Waals surface area (Å²) >= 11 is 0. The van der Waals surface area contributed by atoms with Gasteiger partial charge >= 0.3 is 6.18 Å². The molecule has 226 valence electrons. The fourth-order valence-corrected chi connectivity index (χ4v) is 5.73. The molecule has 0 radical (unpaired) electrons. The predicted octanol–water partition coefficient (Wildman–Crippen LogP) is 3.93. The van der Waals surface area contributed by atoms with Crippen molar-refractivity contribution in [1.82, 2.24) is 19.8 Å². The highest BCUT2D eigenvalue weighted by molar-refractivity contribution is 7.90. The lowest BCUT2D eigenvalue weighted by atomic mass is 9.98. The van der Waals surface area contributed by atoms with E-state index >= 15 is 0 Å². The molecular weight excluding hydrogens is 571 g/mol. The van der Waals surface area contributed by atoms with Crippen LogP contribution in [0.4, 0.5) is 18.9 Å². The Morgan fingerprint density at radius 3 is 2.69 bits per heavy atom. The van der Waals surface area contributed by atoms with Crippen LogP contribution in [0.25, 0.3) is 11.0 Å². The van der Waals surface area contributed by atoms with Gasteiger partial charge in [0.05, 0.1) is 41.6 Å². The molecule has 2 heterocycles. The number of amides is 1. The molecule has 1 fully saturated rings. The smallest absolute Gasteiger partial charge is 0.406 e. The van der Waals surface area contributed by atoms with E-state index in [4.69, 9.17) is 4.74 Å². The normalized spacial score (nSPS) is 18.2. The lowest BCUT2D eigenvalue weighted by Crippen LogP contribution is -2.41. The molecule has 1 aromatic heterocycles. The lowest BCUT2D eigenvalue weighted by molar-refractivity contribution is -0.139. The van der Waals surface area contributed by atoms with Gasteiger partial charge in [0.1, 0.15) is 17.8 Å². The van der Waals surface area contributed by atoms with Gasteiger partial charge in [0.2, 0.25) is 0 Å². The van der Waals surface area contributed by atoms with Crippen molar-refractivity contribution in [3.63, 3.8) is 0 Å². The molecule has 2 N–H and O–H groups in total. The number of aromatic nitrogens is 2. The van der Waals surface area contributed by atoms with E-state index in [9.17, 15) is 26.4 Å². The number of hydrogen-bond acceptors (Lipinski definition) is 7. The molecule has 42 heavy (non-hydrogen) atoms. The molecule has 0 aliphatic carbocycles. The highest BCUT2D eigenvalue weighted by atomic mass is 32.2. The number of rotatable bonds is 7. The minimum Gasteiger partial charge on any atom is -0.495 e. The zero-order valence-corrected chi connectivity index (χ0v) is 24.7. The van der Waals surface area contributed by atoms with E-state index in [0.717, 1.165) is 43.1 Å². The van der Waals surface area contributed by atoms with Crippen molar-refractivity contribution in [2.45, 2.75) is 43.4 Å². The average Bonchev–Trinajstić information content (AvgIpc) is 3.22. The molecule has 2 atom stereocenters. The SMILES string of the molecule is COc1cc(S(C)(=O)=O)ccc1NCC#Cc1cc(C(=O)N[C@@H]2CCCN(C)C[C@@H]2C)c2ncn(CC(F)(F)F)c2c1. The molecule has 0 spiro atoms. The van der Waals surface area contributed by atoms with Gasteiger partial charge in [0.25, 0.3) is 5.91 Å². The molecule has 1 saturated heterocycles. The fourth-order valence-electron chi connectivity index (χ4n) is 5.10. The first kappa shape index (κ1) is 31.2. The van der Waals surface area contributed by atoms with Crippen LogP contribution >= 0.6 is 0 Å². The topological polar surface area (TPSA) is 106 Å². The van der Waals surface area contributed by atoms with Crippen molar-refractivity contribution in [3.05, 3.63) is 47.8 Å². The maximum absolute atomic E-state index is 13.5. The van der Waals surface area contributed by atoms with E-state index in [2.05, 4.69) is 39.3 Å². The zero-order valence-electron chi connectivity index (χ0n) is 23.9. The molecule has 1 aliphatic heterocycles. The molecule has 1 aliphatic rings. The second kappa shape index (κ2) is 12.6. The van der Waals surface area contributed by atoms with Gasteiger partial charge in [-0.25, -0.2) is 13.4 Å². The van der Waals surface area contributed by atoms with Crippen molar-refractivity contribution in [3.8, 4) is 17.6 Å². The van der Waals surface area contributed by atoms with Crippen molar-refractivity contribution >= 4 is 32.5 Å². The third-order valence-electron chi connectivity index (χ3n) is 7.18. The van der Waals surface area contributed by atoms with Crippen LogP contribution < -0.4 is 15.4 Å². The van der Waals surface area contributed by atoms with Crippen LogP contribution in [0.15, 0.2) is 41.6 Å². The van der Waals surface area contributed by atoms with E-state index in [1.807, 2.05) is 7.05 Å². The summed E-state index contributed by atoms with van der Waals surface area (Å²) in [5.41, 5.74) is 1.36. The molecule has 0 unspecified atom stereocenters. The number of methoxy groups -OCH3 is 1. The summed E-state index contributed by atoms with van der Waals surface area (Å²) in [5.74, 6) is 5.94. The fraction of sp³-hybridized carbons (Fsp3) is 0.448. The largest absolute Gasteiger partial charge is 0.495 e. The Kier molecular flexibility index (Phi) is 9.37. The van der Waals surface area contributed by atoms with Crippen molar-refractivity contribution in [1.29, 1.82) is 0 Å². The molecule has 1 amide bonds. The minimum atomic E-state index is -4.48. The number of carbonyl (C=O) groups is 1. The highest BCUT2D eigenvalue weighted by Gasteiger charge is 2.30. The summed E-state index contributed by atoms with van der Waals surface area (Å²) in [5, 5.41) is 6.14. The van der Waals surface area contributed by atoms with E-state index in [1.54, 1.807) is 12.1 Å². The summed E-state index contributed by atoms with van der Waals surface area (Å²) in [6.07, 6.45) is -0.578. The van der Waals surface area contributed by atoms with Crippen LogP contribution in [-0.2, 0) is 16.4 Å². The summed E-state index contributed by atoms with van der Waals surface area (Å²) in [6.45, 7) is 2.68. The Balaban J connectivity index is 1.62. The molecule has 13 heteroatoms. The molecule has 9 nitrogen and oxygen atoms in total. The lowest BCUT2D eigenvalue weighted by Gasteiger charge is -2.24. The second-order valence-electron chi connectivity index (χ2n) is 10.6. The number of likely N-dealkylation sites (tertiary alicyclic amines) is 1. The standard InChI is InChI=1S/C29H34F3N5O4S/c1-19-16-36(2)12-6-8-23(19)35-28(38)22-13-20(14-25-27(22)34-18-37(25)17-29(30,31)32)7-5-11-33-24-10-9-21(42(4,39)40)15-26(24)41-3/h9-10,13-15,18-19,23,33H,6,8,11-12,16-17H2,1-4H3,(H,35,38)/t19-,23+/m0/s1. The average molecular weight is 606 g/mol. The summed E-state index contributed by atoms with van der Waals surface area (Å²) in [6, 6.07) is 7.36. The molecular formula is C29H34F3N5O4S. The molecule has 3 aromatic rings. The van der Waals surface area contributed by atoms with Crippen molar-refractivity contribution < 1.29 is 31.1 Å². The van der Waals surface area contributed by atoms with E-state index < -0.39 is 28.5 Å². The summed E-state index contributed by atoms with van der Waals surface area (Å²) in [7, 11) is 0.0341. The van der Waals surface area contributed by atoms with Crippen LogP contribution in [0.1, 0.15) is 35.7 Å². The predicted molar refractivity (Wildman–Crippen MR) is 154 cm³/mol. The second-order valence-corrected chi connectivity index (χ2v) is 12.6. The van der Waals surface area contributed by atoms with Crippen molar-refractivity contribution in [2.24, 2.45) is 5.92 Å². The van der Waals surface area contributed by atoms with Gasteiger partial charge in [-0.2, -0.15) is 13.2 Å². The summed E-state index contributed by atoms with van der Waals surface area (Å²) < 4.78 is 69.8. The number of alkyl halides is 3. The van der Waals surface area contributed by atoms with Crippen LogP contribution in [0.3, 0.4) is 0 Å². The first-order valence-electron chi connectivity index (χ1n) is 13.4. The van der Waals surface area contributed by atoms with Gasteiger partial charge < -0.3 is 24.8 Å². The quantitative estimate of drug-likeness (QED) is 0.393. The number of sulfone groups is 1. The number of nitrogens with zero attached hydrogens (tertiary/aromatic N) is 3. The van der Waals surface area contributed by atoms with Gasteiger partial charge in [0, 0.05) is 30.5 Å². The maximum atomic E-state index is 13.5. The van der Waals surface area contributed by atoms with E-state index in [-0.39, 0.29) is 40.0 Å². The summed E-state index contributed by atoms with van der Waals surface area (Å²) in [4.78, 5) is 20.0. The number of halogens is 3. The van der Waals surface area contributed by atoms with Crippen LogP contribution in [0.2, 0.25) is 0 Å². The zero-order chi connectivity index (χ0) is 30.7.